The van der Waals surface area contributed by atoms with Crippen LogP contribution in [-0.2, 0) is 4.74 Å². The van der Waals surface area contributed by atoms with Gasteiger partial charge in [0.05, 0.1) is 18.8 Å². The zero-order valence-corrected chi connectivity index (χ0v) is 15.3. The highest BCUT2D eigenvalue weighted by Crippen LogP contribution is 2.23. The Hall–Kier alpha value is -2.29. The smallest absolute Gasteiger partial charge is 0.338 e. The maximum Gasteiger partial charge on any atom is 0.338 e. The van der Waals surface area contributed by atoms with Crippen LogP contribution in [0.3, 0.4) is 0 Å². The Bertz CT molecular complexity index is 629. The lowest BCUT2D eigenvalue weighted by molar-refractivity contribution is 0.0505. The fourth-order valence-corrected chi connectivity index (χ4v) is 2.54. The van der Waals surface area contributed by atoms with Gasteiger partial charge in [-0.3, -0.25) is 0 Å². The van der Waals surface area contributed by atoms with E-state index in [-0.39, 0.29) is 5.97 Å². The summed E-state index contributed by atoms with van der Waals surface area (Å²) in [6.07, 6.45) is 5.66. The van der Waals surface area contributed by atoms with Crippen molar-refractivity contribution in [1.82, 2.24) is 0 Å². The zero-order valence-electron chi connectivity index (χ0n) is 15.3. The van der Waals surface area contributed by atoms with Crippen LogP contribution in [0.4, 0.5) is 0 Å². The Morgan fingerprint density at radius 3 is 2.00 bits per heavy atom. The van der Waals surface area contributed by atoms with Crippen molar-refractivity contribution < 1.29 is 14.3 Å². The second kappa shape index (κ2) is 10.5. The SMILES string of the molecule is CCCCCCOc1ccc(-c2ccc(C(=O)OCCC)cc2)cc1. The molecule has 0 aromatic heterocycles. The van der Waals surface area contributed by atoms with E-state index in [0.29, 0.717) is 12.2 Å². The normalized spacial score (nSPS) is 10.5. The summed E-state index contributed by atoms with van der Waals surface area (Å²) in [5.74, 6) is 0.639. The molecule has 0 atom stereocenters. The summed E-state index contributed by atoms with van der Waals surface area (Å²) < 4.78 is 10.9. The van der Waals surface area contributed by atoms with Gasteiger partial charge in [0.25, 0.3) is 0 Å². The van der Waals surface area contributed by atoms with Crippen LogP contribution in [0.5, 0.6) is 5.75 Å². The fourth-order valence-electron chi connectivity index (χ4n) is 2.54. The topological polar surface area (TPSA) is 35.5 Å². The van der Waals surface area contributed by atoms with Gasteiger partial charge in [-0.25, -0.2) is 4.79 Å². The van der Waals surface area contributed by atoms with Gasteiger partial charge in [0, 0.05) is 0 Å². The lowest BCUT2D eigenvalue weighted by Crippen LogP contribution is -2.05. The van der Waals surface area contributed by atoms with Crippen LogP contribution >= 0.6 is 0 Å². The van der Waals surface area contributed by atoms with Gasteiger partial charge in [0.1, 0.15) is 5.75 Å². The van der Waals surface area contributed by atoms with E-state index in [2.05, 4.69) is 6.92 Å². The van der Waals surface area contributed by atoms with Gasteiger partial charge in [-0.15, -0.1) is 0 Å². The predicted molar refractivity (Wildman–Crippen MR) is 102 cm³/mol. The average Bonchev–Trinajstić information content (AvgIpc) is 2.66. The first-order valence-electron chi connectivity index (χ1n) is 9.25. The third-order valence-electron chi connectivity index (χ3n) is 4.01. The summed E-state index contributed by atoms with van der Waals surface area (Å²) in [7, 11) is 0. The lowest BCUT2D eigenvalue weighted by Gasteiger charge is -2.08. The number of ether oxygens (including phenoxy) is 2. The van der Waals surface area contributed by atoms with Gasteiger partial charge in [0.2, 0.25) is 0 Å². The van der Waals surface area contributed by atoms with Crippen LogP contribution in [0, 0.1) is 0 Å². The van der Waals surface area contributed by atoms with Crippen molar-refractivity contribution in [2.45, 2.75) is 46.0 Å². The van der Waals surface area contributed by atoms with E-state index < -0.39 is 0 Å². The molecule has 0 saturated carbocycles. The highest BCUT2D eigenvalue weighted by atomic mass is 16.5. The molecule has 0 aliphatic rings. The van der Waals surface area contributed by atoms with Crippen molar-refractivity contribution >= 4 is 5.97 Å². The van der Waals surface area contributed by atoms with Crippen LogP contribution < -0.4 is 4.74 Å². The number of carbonyl (C=O) groups is 1. The van der Waals surface area contributed by atoms with Crippen molar-refractivity contribution in [3.8, 4) is 16.9 Å². The molecule has 25 heavy (non-hydrogen) atoms. The van der Waals surface area contributed by atoms with Crippen molar-refractivity contribution in [3.05, 3.63) is 54.1 Å². The zero-order chi connectivity index (χ0) is 17.9. The molecule has 0 amide bonds. The highest BCUT2D eigenvalue weighted by Gasteiger charge is 2.07. The van der Waals surface area contributed by atoms with E-state index in [9.17, 15) is 4.79 Å². The van der Waals surface area contributed by atoms with Crippen LogP contribution in [0.2, 0.25) is 0 Å². The molecule has 0 radical (unpaired) electrons. The van der Waals surface area contributed by atoms with Gasteiger partial charge in [-0.2, -0.15) is 0 Å². The number of unbranched alkanes of at least 4 members (excludes halogenated alkanes) is 3. The van der Waals surface area contributed by atoms with Gasteiger partial charge in [0.15, 0.2) is 0 Å². The first kappa shape index (κ1) is 19.0. The maximum absolute atomic E-state index is 11.8. The molecule has 134 valence electrons. The molecule has 2 aromatic carbocycles. The second-order valence-electron chi connectivity index (χ2n) is 6.15. The summed E-state index contributed by atoms with van der Waals surface area (Å²) in [4.78, 5) is 11.8. The number of carbonyl (C=O) groups excluding carboxylic acids is 1. The monoisotopic (exact) mass is 340 g/mol. The van der Waals surface area contributed by atoms with Crippen LogP contribution in [0.15, 0.2) is 48.5 Å². The maximum atomic E-state index is 11.8. The lowest BCUT2D eigenvalue weighted by atomic mass is 10.0. The van der Waals surface area contributed by atoms with Crippen LogP contribution in [-0.4, -0.2) is 19.2 Å². The largest absolute Gasteiger partial charge is 0.494 e. The van der Waals surface area contributed by atoms with Gasteiger partial charge in [-0.05, 0) is 48.2 Å². The Labute approximate surface area is 151 Å². The fraction of sp³-hybridized carbons (Fsp3) is 0.409. The van der Waals surface area contributed by atoms with E-state index in [1.165, 1.54) is 19.3 Å². The molecule has 0 aliphatic carbocycles. The molecule has 3 nitrogen and oxygen atoms in total. The van der Waals surface area contributed by atoms with Gasteiger partial charge < -0.3 is 9.47 Å². The molecule has 3 heteroatoms. The first-order valence-corrected chi connectivity index (χ1v) is 9.25. The predicted octanol–water partition coefficient (Wildman–Crippen LogP) is 5.88. The standard InChI is InChI=1S/C22H28O3/c1-3-5-6-7-17-24-21-14-12-19(13-15-21)18-8-10-20(11-9-18)22(23)25-16-4-2/h8-15H,3-7,16-17H2,1-2H3. The first-order chi connectivity index (χ1) is 12.2. The third kappa shape index (κ3) is 6.26. The Morgan fingerprint density at radius 1 is 0.760 bits per heavy atom. The molecule has 0 fully saturated rings. The summed E-state index contributed by atoms with van der Waals surface area (Å²) in [6, 6.07) is 15.6. The van der Waals surface area contributed by atoms with Crippen LogP contribution in [0.1, 0.15) is 56.3 Å². The molecule has 0 unspecified atom stereocenters. The summed E-state index contributed by atoms with van der Waals surface area (Å²) in [6.45, 7) is 5.42. The van der Waals surface area contributed by atoms with Gasteiger partial charge >= 0.3 is 5.97 Å². The van der Waals surface area contributed by atoms with Crippen molar-refractivity contribution in [2.24, 2.45) is 0 Å². The molecule has 0 spiro atoms. The summed E-state index contributed by atoms with van der Waals surface area (Å²) in [5, 5.41) is 0. The highest BCUT2D eigenvalue weighted by molar-refractivity contribution is 5.90. The van der Waals surface area contributed by atoms with E-state index in [4.69, 9.17) is 9.47 Å². The summed E-state index contributed by atoms with van der Waals surface area (Å²) >= 11 is 0. The number of hydrogen-bond donors (Lipinski definition) is 0. The molecule has 0 saturated heterocycles. The molecule has 0 N–H and O–H groups in total. The molecule has 2 aromatic rings. The molecule has 0 heterocycles. The quantitative estimate of drug-likeness (QED) is 0.400. The molecule has 2 rings (SSSR count). The minimum absolute atomic E-state index is 0.264. The van der Waals surface area contributed by atoms with Crippen LogP contribution in [0.25, 0.3) is 11.1 Å². The molecule has 0 bridgehead atoms. The Kier molecular flexibility index (Phi) is 8.03. The van der Waals surface area contributed by atoms with E-state index in [1.807, 2.05) is 55.5 Å². The minimum atomic E-state index is -0.264. The third-order valence-corrected chi connectivity index (χ3v) is 4.01. The average molecular weight is 340 g/mol. The molecular weight excluding hydrogens is 312 g/mol. The summed E-state index contributed by atoms with van der Waals surface area (Å²) in [5.41, 5.74) is 2.76. The Balaban J connectivity index is 1.89. The molecule has 0 aliphatic heterocycles. The van der Waals surface area contributed by atoms with E-state index >= 15 is 0 Å². The van der Waals surface area contributed by atoms with Crippen molar-refractivity contribution in [1.29, 1.82) is 0 Å². The van der Waals surface area contributed by atoms with E-state index in [1.54, 1.807) is 0 Å². The van der Waals surface area contributed by atoms with E-state index in [0.717, 1.165) is 36.3 Å². The number of rotatable bonds is 10. The number of benzene rings is 2. The second-order valence-corrected chi connectivity index (χ2v) is 6.15. The number of hydrogen-bond acceptors (Lipinski definition) is 3. The molecular formula is C22H28O3. The van der Waals surface area contributed by atoms with Crippen molar-refractivity contribution in [2.75, 3.05) is 13.2 Å². The van der Waals surface area contributed by atoms with Crippen molar-refractivity contribution in [3.63, 3.8) is 0 Å². The van der Waals surface area contributed by atoms with Gasteiger partial charge in [-0.1, -0.05) is 57.4 Å². The minimum Gasteiger partial charge on any atom is -0.494 e. The Morgan fingerprint density at radius 2 is 1.40 bits per heavy atom. The number of esters is 1.